The summed E-state index contributed by atoms with van der Waals surface area (Å²) in [6.07, 6.45) is 1.37. The number of fused-ring (bicyclic) bond motifs is 1. The normalized spacial score (nSPS) is 26.3. The first-order valence-electron chi connectivity index (χ1n) is 9.34. The van der Waals surface area contributed by atoms with Gasteiger partial charge in [-0.3, -0.25) is 14.3 Å². The predicted octanol–water partition coefficient (Wildman–Crippen LogP) is 2.88. The van der Waals surface area contributed by atoms with Gasteiger partial charge >= 0.3 is 5.97 Å². The SMILES string of the molecule is NCCCCC1(C(=O)O)CN(Cc2cccc3ccccc23)CCP1(=O)O. The molecule has 146 valence electrons. The molecule has 0 aromatic heterocycles. The van der Waals surface area contributed by atoms with E-state index in [-0.39, 0.29) is 19.1 Å². The molecule has 6 nitrogen and oxygen atoms in total. The molecule has 2 aromatic carbocycles. The van der Waals surface area contributed by atoms with Crippen molar-refractivity contribution in [3.05, 3.63) is 48.0 Å². The molecule has 2 atom stereocenters. The van der Waals surface area contributed by atoms with E-state index in [9.17, 15) is 19.4 Å². The minimum absolute atomic E-state index is 0.00664. The molecule has 0 saturated carbocycles. The second kappa shape index (κ2) is 8.11. The third-order valence-corrected chi connectivity index (χ3v) is 8.29. The van der Waals surface area contributed by atoms with Crippen LogP contribution in [0.5, 0.6) is 0 Å². The van der Waals surface area contributed by atoms with Crippen LogP contribution in [0.15, 0.2) is 42.5 Å². The van der Waals surface area contributed by atoms with Crippen molar-refractivity contribution in [2.75, 3.05) is 25.8 Å². The molecule has 3 rings (SSSR count). The van der Waals surface area contributed by atoms with Crippen molar-refractivity contribution in [3.8, 4) is 0 Å². The molecule has 1 aliphatic heterocycles. The van der Waals surface area contributed by atoms with Crippen LogP contribution in [0.25, 0.3) is 10.8 Å². The molecule has 1 saturated heterocycles. The molecule has 0 spiro atoms. The van der Waals surface area contributed by atoms with Gasteiger partial charge in [-0.15, -0.1) is 0 Å². The maximum absolute atomic E-state index is 12.8. The van der Waals surface area contributed by atoms with Crippen LogP contribution in [-0.2, 0) is 15.9 Å². The third kappa shape index (κ3) is 3.94. The molecule has 2 unspecified atom stereocenters. The number of aliphatic carboxylic acids is 1. The number of benzene rings is 2. The van der Waals surface area contributed by atoms with Gasteiger partial charge in [-0.25, -0.2) is 0 Å². The highest BCUT2D eigenvalue weighted by Crippen LogP contribution is 2.59. The van der Waals surface area contributed by atoms with Gasteiger partial charge in [0.2, 0.25) is 7.37 Å². The van der Waals surface area contributed by atoms with Gasteiger partial charge in [0.05, 0.1) is 0 Å². The number of hydrogen-bond acceptors (Lipinski definition) is 4. The number of carboxylic acids is 1. The average Bonchev–Trinajstić information content (AvgIpc) is 2.64. The van der Waals surface area contributed by atoms with Crippen molar-refractivity contribution in [2.45, 2.75) is 31.0 Å². The fraction of sp³-hybridized carbons (Fsp3) is 0.450. The molecule has 0 amide bonds. The van der Waals surface area contributed by atoms with Crippen molar-refractivity contribution < 1.29 is 19.4 Å². The van der Waals surface area contributed by atoms with Gasteiger partial charge in [0, 0.05) is 25.8 Å². The summed E-state index contributed by atoms with van der Waals surface area (Å²) in [5.41, 5.74) is 6.62. The van der Waals surface area contributed by atoms with Crippen molar-refractivity contribution in [1.29, 1.82) is 0 Å². The summed E-state index contributed by atoms with van der Waals surface area (Å²) in [7, 11) is -3.80. The second-order valence-corrected chi connectivity index (χ2v) is 10.1. The molecule has 0 aliphatic carbocycles. The fourth-order valence-electron chi connectivity index (χ4n) is 4.00. The van der Waals surface area contributed by atoms with E-state index in [0.29, 0.717) is 32.5 Å². The third-order valence-electron chi connectivity index (χ3n) is 5.59. The molecule has 27 heavy (non-hydrogen) atoms. The first-order chi connectivity index (χ1) is 12.9. The molecule has 1 heterocycles. The van der Waals surface area contributed by atoms with Crippen molar-refractivity contribution in [1.82, 2.24) is 4.90 Å². The van der Waals surface area contributed by atoms with E-state index in [4.69, 9.17) is 5.73 Å². The van der Waals surface area contributed by atoms with Crippen LogP contribution < -0.4 is 5.73 Å². The molecule has 0 bridgehead atoms. The molecule has 0 radical (unpaired) electrons. The van der Waals surface area contributed by atoms with E-state index >= 15 is 0 Å². The molecule has 1 aliphatic rings. The Kier molecular flexibility index (Phi) is 6.02. The van der Waals surface area contributed by atoms with Crippen LogP contribution in [0.1, 0.15) is 24.8 Å². The molecule has 7 heteroatoms. The van der Waals surface area contributed by atoms with Crippen LogP contribution in [0, 0.1) is 0 Å². The Balaban J connectivity index is 1.87. The highest BCUT2D eigenvalue weighted by Gasteiger charge is 2.56. The summed E-state index contributed by atoms with van der Waals surface area (Å²) in [5.74, 6) is -1.17. The fourth-order valence-corrected chi connectivity index (χ4v) is 6.21. The Hall–Kier alpha value is -1.72. The second-order valence-electron chi connectivity index (χ2n) is 7.36. The Bertz CT molecular complexity index is 867. The molecule has 4 N–H and O–H groups in total. The van der Waals surface area contributed by atoms with Gasteiger partial charge < -0.3 is 15.7 Å². The topological polar surface area (TPSA) is 104 Å². The number of unbranched alkanes of at least 4 members (excludes halogenated alkanes) is 1. The first-order valence-corrected chi connectivity index (χ1v) is 11.2. The van der Waals surface area contributed by atoms with E-state index in [0.717, 1.165) is 16.3 Å². The number of carbonyl (C=O) groups is 1. The standard InChI is InChI=1S/C20H27N2O4P/c21-11-4-3-10-20(19(23)24)15-22(12-13-27(20,25)26)14-17-8-5-7-16-6-1-2-9-18(16)17/h1-2,5-9H,3-4,10-15,21H2,(H,23,24)(H,25,26). The summed E-state index contributed by atoms with van der Waals surface area (Å²) in [5, 5.41) is 10.5. The number of rotatable bonds is 7. The Morgan fingerprint density at radius 1 is 1.19 bits per heavy atom. The summed E-state index contributed by atoms with van der Waals surface area (Å²) in [6, 6.07) is 14.1. The van der Waals surface area contributed by atoms with E-state index in [1.54, 1.807) is 0 Å². The van der Waals surface area contributed by atoms with E-state index in [2.05, 4.69) is 6.07 Å². The lowest BCUT2D eigenvalue weighted by atomic mass is 9.98. The quantitative estimate of drug-likeness (QED) is 0.496. The van der Waals surface area contributed by atoms with Crippen LogP contribution in [0.3, 0.4) is 0 Å². The zero-order chi connectivity index (χ0) is 19.5. The van der Waals surface area contributed by atoms with E-state index < -0.39 is 18.5 Å². The highest BCUT2D eigenvalue weighted by molar-refractivity contribution is 7.61. The monoisotopic (exact) mass is 390 g/mol. The van der Waals surface area contributed by atoms with Gasteiger partial charge in [-0.1, -0.05) is 48.9 Å². The zero-order valence-corrected chi connectivity index (χ0v) is 16.3. The van der Waals surface area contributed by atoms with Gasteiger partial charge in [0.1, 0.15) is 0 Å². The van der Waals surface area contributed by atoms with E-state index in [1.807, 2.05) is 41.3 Å². The average molecular weight is 390 g/mol. The highest BCUT2D eigenvalue weighted by atomic mass is 31.2. The molecule has 2 aromatic rings. The molecular weight excluding hydrogens is 363 g/mol. The van der Waals surface area contributed by atoms with Crippen molar-refractivity contribution in [2.24, 2.45) is 5.73 Å². The molecule has 1 fully saturated rings. The van der Waals surface area contributed by atoms with Gasteiger partial charge in [0.15, 0.2) is 5.16 Å². The minimum atomic E-state index is -3.80. The maximum atomic E-state index is 12.8. The smallest absolute Gasteiger partial charge is 0.320 e. The van der Waals surface area contributed by atoms with E-state index in [1.165, 1.54) is 0 Å². The van der Waals surface area contributed by atoms with Crippen LogP contribution in [-0.4, -0.2) is 51.8 Å². The molecular formula is C20H27N2O4P. The lowest BCUT2D eigenvalue weighted by Crippen LogP contribution is -2.53. The lowest BCUT2D eigenvalue weighted by molar-refractivity contribution is -0.141. The van der Waals surface area contributed by atoms with Crippen LogP contribution in [0.2, 0.25) is 0 Å². The first kappa shape index (κ1) is 20.0. The summed E-state index contributed by atoms with van der Waals surface area (Å²) in [4.78, 5) is 24.6. The number of nitrogens with zero attached hydrogens (tertiary/aromatic N) is 1. The summed E-state index contributed by atoms with van der Waals surface area (Å²) >= 11 is 0. The van der Waals surface area contributed by atoms with Crippen molar-refractivity contribution in [3.63, 3.8) is 0 Å². The van der Waals surface area contributed by atoms with Crippen LogP contribution >= 0.6 is 7.37 Å². The Morgan fingerprint density at radius 2 is 1.93 bits per heavy atom. The van der Waals surface area contributed by atoms with Gasteiger partial charge in [-0.05, 0) is 35.7 Å². The van der Waals surface area contributed by atoms with Gasteiger partial charge in [-0.2, -0.15) is 0 Å². The summed E-state index contributed by atoms with van der Waals surface area (Å²) in [6.45, 7) is 1.52. The largest absolute Gasteiger partial charge is 0.480 e. The number of hydrogen-bond donors (Lipinski definition) is 3. The lowest BCUT2D eigenvalue weighted by Gasteiger charge is -2.43. The summed E-state index contributed by atoms with van der Waals surface area (Å²) < 4.78 is 12.8. The number of carboxylic acid groups (broad SMARTS) is 1. The Morgan fingerprint density at radius 3 is 2.67 bits per heavy atom. The number of nitrogens with two attached hydrogens (primary N) is 1. The van der Waals surface area contributed by atoms with Crippen LogP contribution in [0.4, 0.5) is 0 Å². The van der Waals surface area contributed by atoms with Gasteiger partial charge in [0.25, 0.3) is 0 Å². The predicted molar refractivity (Wildman–Crippen MR) is 107 cm³/mol. The Labute approximate surface area is 159 Å². The zero-order valence-electron chi connectivity index (χ0n) is 15.4. The maximum Gasteiger partial charge on any atom is 0.320 e. The minimum Gasteiger partial charge on any atom is -0.480 e. The van der Waals surface area contributed by atoms with Crippen molar-refractivity contribution >= 4 is 24.1 Å².